The molecule has 8 heteroatoms. The molecular formula is C20H25F3N4O. The standard InChI is InChI=1S/C20H25F3N4O/c21-20(22,23)13-8-9-14-16(12-13)25-19(26-18(14)28)24-15-6-2-3-7-17(15)27-10-4-1-5-11-27/h8-9,12,15,17H,1-7,10-11H2,(H2,24,25,26,28)/t15-,17-/m1/s1. The van der Waals surface area contributed by atoms with E-state index >= 15 is 0 Å². The van der Waals surface area contributed by atoms with Gasteiger partial charge in [-0.2, -0.15) is 13.2 Å². The van der Waals surface area contributed by atoms with Gasteiger partial charge >= 0.3 is 6.18 Å². The van der Waals surface area contributed by atoms with Gasteiger partial charge in [0, 0.05) is 12.1 Å². The number of anilines is 1. The largest absolute Gasteiger partial charge is 0.416 e. The van der Waals surface area contributed by atoms with Crippen molar-refractivity contribution in [2.75, 3.05) is 18.4 Å². The van der Waals surface area contributed by atoms with Gasteiger partial charge in [-0.1, -0.05) is 19.3 Å². The average molecular weight is 394 g/mol. The van der Waals surface area contributed by atoms with Crippen LogP contribution in [0.25, 0.3) is 10.9 Å². The molecule has 0 unspecified atom stereocenters. The molecule has 0 amide bonds. The second-order valence-corrected chi connectivity index (χ2v) is 7.84. The Hall–Kier alpha value is -2.09. The Balaban J connectivity index is 1.61. The highest BCUT2D eigenvalue weighted by molar-refractivity contribution is 5.79. The summed E-state index contributed by atoms with van der Waals surface area (Å²) in [5.41, 5.74) is -1.16. The van der Waals surface area contributed by atoms with Crippen molar-refractivity contribution in [3.05, 3.63) is 34.1 Å². The van der Waals surface area contributed by atoms with Crippen LogP contribution in [0, 0.1) is 0 Å². The molecule has 2 aliphatic rings. The van der Waals surface area contributed by atoms with Crippen molar-refractivity contribution in [3.63, 3.8) is 0 Å². The second-order valence-electron chi connectivity index (χ2n) is 7.84. The maximum absolute atomic E-state index is 13.0. The maximum Gasteiger partial charge on any atom is 0.416 e. The Morgan fingerprint density at radius 1 is 1.07 bits per heavy atom. The molecule has 0 radical (unpaired) electrons. The minimum Gasteiger partial charge on any atom is -0.351 e. The van der Waals surface area contributed by atoms with Crippen molar-refractivity contribution in [1.82, 2.24) is 14.9 Å². The molecule has 28 heavy (non-hydrogen) atoms. The number of halogens is 3. The number of piperidine rings is 1. The van der Waals surface area contributed by atoms with Crippen LogP contribution < -0.4 is 10.9 Å². The number of nitrogens with zero attached hydrogens (tertiary/aromatic N) is 2. The van der Waals surface area contributed by atoms with Crippen molar-refractivity contribution >= 4 is 16.9 Å². The molecule has 2 atom stereocenters. The van der Waals surface area contributed by atoms with E-state index in [9.17, 15) is 18.0 Å². The molecule has 2 N–H and O–H groups in total. The summed E-state index contributed by atoms with van der Waals surface area (Å²) in [4.78, 5) is 21.9. The van der Waals surface area contributed by atoms with Gasteiger partial charge in [-0.15, -0.1) is 0 Å². The van der Waals surface area contributed by atoms with Gasteiger partial charge in [-0.3, -0.25) is 14.7 Å². The zero-order chi connectivity index (χ0) is 19.7. The number of aromatic amines is 1. The molecule has 2 fully saturated rings. The molecule has 1 aliphatic carbocycles. The van der Waals surface area contributed by atoms with Crippen LogP contribution in [0.2, 0.25) is 0 Å². The topological polar surface area (TPSA) is 61.0 Å². The Kier molecular flexibility index (Phi) is 5.31. The zero-order valence-corrected chi connectivity index (χ0v) is 15.7. The van der Waals surface area contributed by atoms with E-state index in [0.717, 1.165) is 44.5 Å². The van der Waals surface area contributed by atoms with E-state index in [1.165, 1.54) is 31.7 Å². The van der Waals surface area contributed by atoms with Crippen LogP contribution in [0.1, 0.15) is 50.5 Å². The fourth-order valence-electron chi connectivity index (χ4n) is 4.53. The lowest BCUT2D eigenvalue weighted by molar-refractivity contribution is -0.137. The number of benzene rings is 1. The first-order valence-electron chi connectivity index (χ1n) is 10.0. The second kappa shape index (κ2) is 7.73. The van der Waals surface area contributed by atoms with Crippen LogP contribution in [-0.4, -0.2) is 40.0 Å². The van der Waals surface area contributed by atoms with Gasteiger partial charge in [0.15, 0.2) is 0 Å². The molecule has 0 spiro atoms. The third-order valence-corrected chi connectivity index (χ3v) is 5.95. The Morgan fingerprint density at radius 3 is 2.57 bits per heavy atom. The highest BCUT2D eigenvalue weighted by Gasteiger charge is 2.32. The van der Waals surface area contributed by atoms with E-state index in [1.54, 1.807) is 0 Å². The molecule has 152 valence electrons. The highest BCUT2D eigenvalue weighted by atomic mass is 19.4. The molecule has 2 aromatic rings. The highest BCUT2D eigenvalue weighted by Crippen LogP contribution is 2.31. The van der Waals surface area contributed by atoms with E-state index in [2.05, 4.69) is 20.2 Å². The molecular weight excluding hydrogens is 369 g/mol. The van der Waals surface area contributed by atoms with Crippen molar-refractivity contribution in [2.24, 2.45) is 0 Å². The van der Waals surface area contributed by atoms with Crippen molar-refractivity contribution in [2.45, 2.75) is 63.2 Å². The van der Waals surface area contributed by atoms with Gasteiger partial charge in [0.25, 0.3) is 5.56 Å². The smallest absolute Gasteiger partial charge is 0.351 e. The number of nitrogens with one attached hydrogen (secondary N) is 2. The van der Waals surface area contributed by atoms with Gasteiger partial charge in [0.1, 0.15) is 0 Å². The van der Waals surface area contributed by atoms with E-state index < -0.39 is 17.3 Å². The van der Waals surface area contributed by atoms with Crippen LogP contribution in [0.15, 0.2) is 23.0 Å². The fourth-order valence-corrected chi connectivity index (χ4v) is 4.53. The predicted octanol–water partition coefficient (Wildman–Crippen LogP) is 4.15. The predicted molar refractivity (Wildman–Crippen MR) is 102 cm³/mol. The molecule has 1 saturated heterocycles. The maximum atomic E-state index is 13.0. The molecule has 0 bridgehead atoms. The lowest BCUT2D eigenvalue weighted by atomic mass is 9.88. The molecule has 5 nitrogen and oxygen atoms in total. The van der Waals surface area contributed by atoms with Crippen molar-refractivity contribution in [3.8, 4) is 0 Å². The zero-order valence-electron chi connectivity index (χ0n) is 15.7. The summed E-state index contributed by atoms with van der Waals surface area (Å²) >= 11 is 0. The van der Waals surface area contributed by atoms with E-state index in [4.69, 9.17) is 0 Å². The number of rotatable bonds is 3. The summed E-state index contributed by atoms with van der Waals surface area (Å²) in [5.74, 6) is 0.255. The summed E-state index contributed by atoms with van der Waals surface area (Å²) in [6, 6.07) is 3.55. The van der Waals surface area contributed by atoms with Crippen molar-refractivity contribution in [1.29, 1.82) is 0 Å². The number of hydrogen-bond donors (Lipinski definition) is 2. The van der Waals surface area contributed by atoms with E-state index in [1.807, 2.05) is 0 Å². The molecule has 1 aromatic heterocycles. The molecule has 1 aromatic carbocycles. The number of hydrogen-bond acceptors (Lipinski definition) is 4. The number of alkyl halides is 3. The third kappa shape index (κ3) is 4.01. The number of likely N-dealkylation sites (tertiary alicyclic amines) is 1. The first-order valence-corrected chi connectivity index (χ1v) is 10.0. The van der Waals surface area contributed by atoms with Crippen LogP contribution >= 0.6 is 0 Å². The van der Waals surface area contributed by atoms with E-state index in [-0.39, 0.29) is 22.9 Å². The Labute approximate surface area is 161 Å². The monoisotopic (exact) mass is 394 g/mol. The van der Waals surface area contributed by atoms with Crippen LogP contribution in [0.5, 0.6) is 0 Å². The normalized spacial score (nSPS) is 24.4. The van der Waals surface area contributed by atoms with Gasteiger partial charge in [0.05, 0.1) is 16.5 Å². The lowest BCUT2D eigenvalue weighted by Gasteiger charge is -2.42. The number of fused-ring (bicyclic) bond motifs is 1. The minimum absolute atomic E-state index is 0.0615. The summed E-state index contributed by atoms with van der Waals surface area (Å²) in [6.07, 6.45) is 3.54. The van der Waals surface area contributed by atoms with Gasteiger partial charge in [-0.05, 0) is 57.0 Å². The average Bonchev–Trinajstić information content (AvgIpc) is 2.68. The van der Waals surface area contributed by atoms with Crippen LogP contribution in [0.4, 0.5) is 19.1 Å². The third-order valence-electron chi connectivity index (χ3n) is 5.95. The SMILES string of the molecule is O=c1[nH]c(N[C@@H]2CCCC[C@H]2N2CCCCC2)nc2cc(C(F)(F)F)ccc12. The quantitative estimate of drug-likeness (QED) is 0.821. The molecule has 1 saturated carbocycles. The first-order chi connectivity index (χ1) is 13.4. The molecule has 2 heterocycles. The fraction of sp³-hybridized carbons (Fsp3) is 0.600. The summed E-state index contributed by atoms with van der Waals surface area (Å²) < 4.78 is 39.0. The summed E-state index contributed by atoms with van der Waals surface area (Å²) in [7, 11) is 0. The van der Waals surface area contributed by atoms with Gasteiger partial charge in [0.2, 0.25) is 5.95 Å². The number of aromatic nitrogens is 2. The molecule has 4 rings (SSSR count). The van der Waals surface area contributed by atoms with Gasteiger partial charge < -0.3 is 5.32 Å². The molecule has 1 aliphatic heterocycles. The van der Waals surface area contributed by atoms with Gasteiger partial charge in [-0.25, -0.2) is 4.98 Å². The van der Waals surface area contributed by atoms with E-state index in [0.29, 0.717) is 6.04 Å². The van der Waals surface area contributed by atoms with Crippen LogP contribution in [0.3, 0.4) is 0 Å². The number of H-pyrrole nitrogens is 1. The minimum atomic E-state index is -4.46. The van der Waals surface area contributed by atoms with Crippen molar-refractivity contribution < 1.29 is 13.2 Å². The van der Waals surface area contributed by atoms with Crippen LogP contribution in [-0.2, 0) is 6.18 Å². The Morgan fingerprint density at radius 2 is 1.82 bits per heavy atom. The summed E-state index contributed by atoms with van der Waals surface area (Å²) in [6.45, 7) is 2.17. The first kappa shape index (κ1) is 19.2. The Bertz CT molecular complexity index is 889. The lowest BCUT2D eigenvalue weighted by Crippen LogP contribution is -2.50. The summed E-state index contributed by atoms with van der Waals surface area (Å²) in [5, 5.41) is 3.49.